The molecule has 3 aromatic rings. The van der Waals surface area contributed by atoms with Gasteiger partial charge >= 0.3 is 0 Å². The van der Waals surface area contributed by atoms with Crippen LogP contribution in [0.1, 0.15) is 11.1 Å². The minimum absolute atomic E-state index is 0.0215. The number of fused-ring (bicyclic) bond motifs is 2. The van der Waals surface area contributed by atoms with Gasteiger partial charge in [-0.05, 0) is 37.1 Å². The van der Waals surface area contributed by atoms with Gasteiger partial charge in [0, 0.05) is 16.5 Å². The van der Waals surface area contributed by atoms with E-state index in [0.29, 0.717) is 5.56 Å². The molecule has 3 rings (SSSR count). The topological polar surface area (TPSA) is 38.9 Å². The van der Waals surface area contributed by atoms with Gasteiger partial charge in [-0.1, -0.05) is 0 Å². The van der Waals surface area contributed by atoms with E-state index in [9.17, 15) is 17.6 Å². The van der Waals surface area contributed by atoms with Gasteiger partial charge in [0.05, 0.1) is 0 Å². The minimum atomic E-state index is -1.63. The Morgan fingerprint density at radius 2 is 1.52 bits per heavy atom. The van der Waals surface area contributed by atoms with Gasteiger partial charge in [0.25, 0.3) is 0 Å². The number of anilines is 1. The average molecular weight is 294 g/mol. The molecule has 0 unspecified atom stereocenters. The molecule has 2 aromatic carbocycles. The van der Waals surface area contributed by atoms with Gasteiger partial charge in [-0.3, -0.25) is 0 Å². The van der Waals surface area contributed by atoms with Crippen LogP contribution in [0.25, 0.3) is 21.8 Å². The number of nitrogens with zero attached hydrogens (tertiary/aromatic N) is 1. The third-order valence-corrected chi connectivity index (χ3v) is 3.74. The highest BCUT2D eigenvalue weighted by Crippen LogP contribution is 2.33. The Kier molecular flexibility index (Phi) is 2.79. The van der Waals surface area contributed by atoms with Crippen LogP contribution in [0.15, 0.2) is 12.1 Å². The molecule has 0 radical (unpaired) electrons. The summed E-state index contributed by atoms with van der Waals surface area (Å²) < 4.78 is 54.6. The third kappa shape index (κ3) is 1.75. The molecule has 0 atom stereocenters. The number of benzene rings is 2. The van der Waals surface area contributed by atoms with Gasteiger partial charge < -0.3 is 5.73 Å². The van der Waals surface area contributed by atoms with Crippen LogP contribution < -0.4 is 5.73 Å². The second kappa shape index (κ2) is 4.31. The lowest BCUT2D eigenvalue weighted by Gasteiger charge is -2.12. The summed E-state index contributed by atoms with van der Waals surface area (Å²) in [6.07, 6.45) is 0. The summed E-state index contributed by atoms with van der Waals surface area (Å²) in [5.74, 6) is -5.05. The van der Waals surface area contributed by atoms with Gasteiger partial charge in [0.2, 0.25) is 0 Å². The summed E-state index contributed by atoms with van der Waals surface area (Å²) in [5.41, 5.74) is 6.43. The number of rotatable bonds is 0. The molecule has 0 fully saturated rings. The summed E-state index contributed by atoms with van der Waals surface area (Å²) >= 11 is 0. The number of hydrogen-bond donors (Lipinski definition) is 1. The van der Waals surface area contributed by atoms with Crippen LogP contribution in [0, 0.1) is 37.1 Å². The number of hydrogen-bond acceptors (Lipinski definition) is 2. The maximum atomic E-state index is 14.3. The lowest BCUT2D eigenvalue weighted by atomic mass is 10.0. The SMILES string of the molecule is Cc1c(C)c(F)c2nc3c(F)c(F)c(F)cc3cc2c1N. The average Bonchev–Trinajstić information content (AvgIpc) is 2.47. The number of pyridine rings is 1. The summed E-state index contributed by atoms with van der Waals surface area (Å²) in [6, 6.07) is 2.13. The fourth-order valence-electron chi connectivity index (χ4n) is 2.34. The Hall–Kier alpha value is -2.37. The number of nitrogens with two attached hydrogens (primary N) is 1. The normalized spacial score (nSPS) is 11.5. The summed E-state index contributed by atoms with van der Waals surface area (Å²) in [5, 5.41) is 0.266. The van der Waals surface area contributed by atoms with Gasteiger partial charge in [-0.2, -0.15) is 0 Å². The zero-order valence-corrected chi connectivity index (χ0v) is 11.2. The van der Waals surface area contributed by atoms with Crippen molar-refractivity contribution in [1.82, 2.24) is 4.98 Å². The van der Waals surface area contributed by atoms with E-state index in [-0.39, 0.29) is 27.5 Å². The van der Waals surface area contributed by atoms with Crippen molar-refractivity contribution in [2.45, 2.75) is 13.8 Å². The number of aromatic nitrogens is 1. The fourth-order valence-corrected chi connectivity index (χ4v) is 2.34. The lowest BCUT2D eigenvalue weighted by molar-refractivity contribution is 0.452. The van der Waals surface area contributed by atoms with Crippen molar-refractivity contribution in [2.24, 2.45) is 0 Å². The van der Waals surface area contributed by atoms with Gasteiger partial charge in [0.15, 0.2) is 23.3 Å². The fraction of sp³-hybridized carbons (Fsp3) is 0.133. The predicted molar refractivity (Wildman–Crippen MR) is 73.0 cm³/mol. The summed E-state index contributed by atoms with van der Waals surface area (Å²) in [6.45, 7) is 3.16. The van der Waals surface area contributed by atoms with Crippen molar-refractivity contribution in [3.63, 3.8) is 0 Å². The Morgan fingerprint density at radius 3 is 2.19 bits per heavy atom. The van der Waals surface area contributed by atoms with E-state index in [1.54, 1.807) is 6.92 Å². The van der Waals surface area contributed by atoms with Gasteiger partial charge in [-0.25, -0.2) is 22.5 Å². The highest BCUT2D eigenvalue weighted by Gasteiger charge is 2.19. The van der Waals surface area contributed by atoms with Crippen LogP contribution >= 0.6 is 0 Å². The van der Waals surface area contributed by atoms with E-state index in [1.807, 2.05) is 0 Å². The first-order valence-corrected chi connectivity index (χ1v) is 6.15. The van der Waals surface area contributed by atoms with Crippen molar-refractivity contribution in [2.75, 3.05) is 5.73 Å². The quantitative estimate of drug-likeness (QED) is 0.293. The van der Waals surface area contributed by atoms with E-state index in [2.05, 4.69) is 4.98 Å². The Balaban J connectivity index is 2.59. The van der Waals surface area contributed by atoms with Crippen LogP contribution in [-0.4, -0.2) is 4.98 Å². The molecule has 0 bridgehead atoms. The molecule has 0 saturated heterocycles. The molecule has 2 nitrogen and oxygen atoms in total. The maximum Gasteiger partial charge on any atom is 0.196 e. The molecule has 1 heterocycles. The van der Waals surface area contributed by atoms with Gasteiger partial charge in [0.1, 0.15) is 11.0 Å². The largest absolute Gasteiger partial charge is 0.398 e. The van der Waals surface area contributed by atoms with Crippen LogP contribution in [0.2, 0.25) is 0 Å². The molecule has 0 aliphatic heterocycles. The second-order valence-electron chi connectivity index (χ2n) is 4.92. The van der Waals surface area contributed by atoms with Crippen LogP contribution in [0.3, 0.4) is 0 Å². The first-order chi connectivity index (χ1) is 9.82. The van der Waals surface area contributed by atoms with Crippen LogP contribution in [0.5, 0.6) is 0 Å². The molecule has 6 heteroatoms. The standard InChI is InChI=1S/C15H10F4N2/c1-5-6(2)13(20)8-3-7-4-9(16)11(18)12(19)14(7)21-15(8)10(5)17/h3-4H,20H2,1-2H3. The molecule has 1 aromatic heterocycles. The van der Waals surface area contributed by atoms with Crippen molar-refractivity contribution < 1.29 is 17.6 Å². The predicted octanol–water partition coefficient (Wildman–Crippen LogP) is 4.14. The van der Waals surface area contributed by atoms with Crippen LogP contribution in [0.4, 0.5) is 23.2 Å². The Morgan fingerprint density at radius 1 is 0.857 bits per heavy atom. The third-order valence-electron chi connectivity index (χ3n) is 3.74. The molecule has 0 saturated carbocycles. The Bertz CT molecular complexity index is 919. The van der Waals surface area contributed by atoms with E-state index >= 15 is 0 Å². The van der Waals surface area contributed by atoms with E-state index < -0.39 is 28.8 Å². The summed E-state index contributed by atoms with van der Waals surface area (Å²) in [7, 11) is 0. The molecule has 0 spiro atoms. The molecule has 0 aliphatic carbocycles. The number of halogens is 4. The monoisotopic (exact) mass is 294 g/mol. The molecule has 21 heavy (non-hydrogen) atoms. The molecular weight excluding hydrogens is 284 g/mol. The zero-order chi connectivity index (χ0) is 15.5. The Labute approximate surface area is 117 Å². The van der Waals surface area contributed by atoms with Crippen molar-refractivity contribution >= 4 is 27.5 Å². The first kappa shape index (κ1) is 13.6. The van der Waals surface area contributed by atoms with Gasteiger partial charge in [-0.15, -0.1) is 0 Å². The molecule has 0 amide bonds. The van der Waals surface area contributed by atoms with Crippen molar-refractivity contribution in [3.8, 4) is 0 Å². The van der Waals surface area contributed by atoms with E-state index in [4.69, 9.17) is 5.73 Å². The smallest absolute Gasteiger partial charge is 0.196 e. The maximum absolute atomic E-state index is 14.3. The van der Waals surface area contributed by atoms with E-state index in [0.717, 1.165) is 6.07 Å². The summed E-state index contributed by atoms with van der Waals surface area (Å²) in [4.78, 5) is 3.80. The number of nitrogen functional groups attached to an aromatic ring is 1. The molecule has 108 valence electrons. The lowest BCUT2D eigenvalue weighted by Crippen LogP contribution is -2.02. The zero-order valence-electron chi connectivity index (χ0n) is 11.2. The highest BCUT2D eigenvalue weighted by molar-refractivity contribution is 6.00. The molecule has 2 N–H and O–H groups in total. The molecule has 0 aliphatic rings. The highest BCUT2D eigenvalue weighted by atomic mass is 19.2. The van der Waals surface area contributed by atoms with Crippen molar-refractivity contribution in [1.29, 1.82) is 0 Å². The second-order valence-corrected chi connectivity index (χ2v) is 4.92. The first-order valence-electron chi connectivity index (χ1n) is 6.15. The van der Waals surface area contributed by atoms with E-state index in [1.165, 1.54) is 13.0 Å². The molecular formula is C15H10F4N2. The van der Waals surface area contributed by atoms with Crippen LogP contribution in [-0.2, 0) is 0 Å². The van der Waals surface area contributed by atoms with Crippen molar-refractivity contribution in [3.05, 3.63) is 46.5 Å². The minimum Gasteiger partial charge on any atom is -0.398 e.